The zero-order valence-electron chi connectivity index (χ0n) is 7.40. The van der Waals surface area contributed by atoms with Gasteiger partial charge in [-0.05, 0) is 13.8 Å². The van der Waals surface area contributed by atoms with Gasteiger partial charge in [0.2, 0.25) is 0 Å². The third kappa shape index (κ3) is 1.07. The van der Waals surface area contributed by atoms with E-state index < -0.39 is 5.79 Å². The van der Waals surface area contributed by atoms with Crippen molar-refractivity contribution < 1.29 is 18.9 Å². The smallest absolute Gasteiger partial charge is 0.190 e. The van der Waals surface area contributed by atoms with Crippen LogP contribution < -0.4 is 0 Å². The van der Waals surface area contributed by atoms with E-state index in [0.717, 1.165) is 0 Å². The van der Waals surface area contributed by atoms with Crippen LogP contribution in [0, 0.1) is 0 Å². The van der Waals surface area contributed by atoms with Gasteiger partial charge in [0.25, 0.3) is 0 Å². The molecule has 5 heteroatoms. The number of halogens is 1. The quantitative estimate of drug-likeness (QED) is 0.550. The van der Waals surface area contributed by atoms with Gasteiger partial charge in [-0.3, -0.25) is 0 Å². The van der Waals surface area contributed by atoms with Crippen molar-refractivity contribution in [1.29, 1.82) is 0 Å². The van der Waals surface area contributed by atoms with Gasteiger partial charge >= 0.3 is 0 Å². The first-order valence-corrected chi connectivity index (χ1v) is 4.81. The van der Waals surface area contributed by atoms with Gasteiger partial charge < -0.3 is 18.9 Å². The van der Waals surface area contributed by atoms with Gasteiger partial charge in [0.05, 0.1) is 0 Å². The molecule has 3 aliphatic heterocycles. The van der Waals surface area contributed by atoms with Gasteiger partial charge in [-0.2, -0.15) is 0 Å². The molecule has 0 spiro atoms. The largest absolute Gasteiger partial charge is 0.351 e. The lowest BCUT2D eigenvalue weighted by molar-refractivity contribution is -0.262. The number of fused-ring (bicyclic) bond motifs is 3. The van der Waals surface area contributed by atoms with Crippen LogP contribution in [0.3, 0.4) is 0 Å². The van der Waals surface area contributed by atoms with E-state index in [1.165, 1.54) is 0 Å². The lowest BCUT2D eigenvalue weighted by Crippen LogP contribution is -2.53. The summed E-state index contributed by atoms with van der Waals surface area (Å²) in [6.45, 7) is 3.72. The highest BCUT2D eigenvalue weighted by Crippen LogP contribution is 2.45. The molecule has 0 saturated carbocycles. The highest BCUT2D eigenvalue weighted by atomic mass is 35.5. The summed E-state index contributed by atoms with van der Waals surface area (Å²) < 4.78 is 22.0. The van der Waals surface area contributed by atoms with Crippen molar-refractivity contribution in [1.82, 2.24) is 0 Å². The van der Waals surface area contributed by atoms with E-state index in [9.17, 15) is 0 Å². The molecule has 3 unspecified atom stereocenters. The molecule has 0 bridgehead atoms. The van der Waals surface area contributed by atoms with Crippen LogP contribution in [0.1, 0.15) is 13.8 Å². The molecule has 0 radical (unpaired) electrons. The second kappa shape index (κ2) is 2.38. The maximum absolute atomic E-state index is 5.77. The fourth-order valence-electron chi connectivity index (χ4n) is 2.01. The van der Waals surface area contributed by atoms with Crippen LogP contribution in [-0.2, 0) is 18.9 Å². The molecule has 13 heavy (non-hydrogen) atoms. The van der Waals surface area contributed by atoms with E-state index in [2.05, 4.69) is 0 Å². The summed E-state index contributed by atoms with van der Waals surface area (Å²) in [5, 5.41) is 0. The Kier molecular flexibility index (Phi) is 1.54. The van der Waals surface area contributed by atoms with Crippen LogP contribution in [-0.4, -0.2) is 36.0 Å². The standard InChI is InChI=1S/C8H11ClO4/c1-8(2)12-5-3-4(6(9)10-3)11-7(5)13-8/h3-7H,1-2H3/t3?,4?,5-,6?,7-/m1/s1. The Morgan fingerprint density at radius 2 is 1.77 bits per heavy atom. The molecule has 3 saturated heterocycles. The zero-order valence-corrected chi connectivity index (χ0v) is 8.15. The number of ether oxygens (including phenoxy) is 4. The topological polar surface area (TPSA) is 36.9 Å². The molecule has 3 fully saturated rings. The van der Waals surface area contributed by atoms with Crippen LogP contribution >= 0.6 is 11.6 Å². The Morgan fingerprint density at radius 3 is 2.46 bits per heavy atom. The molecule has 3 aliphatic rings. The van der Waals surface area contributed by atoms with E-state index in [1.807, 2.05) is 13.8 Å². The van der Waals surface area contributed by atoms with Crippen molar-refractivity contribution >= 4 is 11.6 Å². The van der Waals surface area contributed by atoms with Crippen LogP contribution in [0.5, 0.6) is 0 Å². The second-order valence-corrected chi connectivity index (χ2v) is 4.45. The SMILES string of the molecule is CC1(C)O[C@H]2OC3C(Cl)OC3[C@H]2O1. The summed E-state index contributed by atoms with van der Waals surface area (Å²) in [6, 6.07) is 0. The third-order valence-corrected chi connectivity index (χ3v) is 2.92. The summed E-state index contributed by atoms with van der Waals surface area (Å²) >= 11 is 5.77. The first-order valence-electron chi connectivity index (χ1n) is 4.37. The van der Waals surface area contributed by atoms with Gasteiger partial charge in [0.1, 0.15) is 18.3 Å². The average molecular weight is 207 g/mol. The fraction of sp³-hybridized carbons (Fsp3) is 1.00. The maximum atomic E-state index is 5.77. The molecule has 0 N–H and O–H groups in total. The molecule has 74 valence electrons. The van der Waals surface area contributed by atoms with Gasteiger partial charge in [-0.1, -0.05) is 11.6 Å². The Balaban J connectivity index is 1.78. The van der Waals surface area contributed by atoms with E-state index >= 15 is 0 Å². The highest BCUT2D eigenvalue weighted by Gasteiger charge is 2.62. The monoisotopic (exact) mass is 206 g/mol. The van der Waals surface area contributed by atoms with E-state index in [1.54, 1.807) is 0 Å². The molecule has 5 atom stereocenters. The van der Waals surface area contributed by atoms with E-state index in [4.69, 9.17) is 30.5 Å². The molecule has 3 rings (SSSR count). The van der Waals surface area contributed by atoms with Crippen molar-refractivity contribution in [2.24, 2.45) is 0 Å². The number of alkyl halides is 1. The highest BCUT2D eigenvalue weighted by molar-refractivity contribution is 6.20. The van der Waals surface area contributed by atoms with Gasteiger partial charge in [0, 0.05) is 0 Å². The second-order valence-electron chi connectivity index (χ2n) is 4.02. The van der Waals surface area contributed by atoms with Crippen molar-refractivity contribution in [2.45, 2.75) is 49.8 Å². The minimum atomic E-state index is -0.568. The summed E-state index contributed by atoms with van der Waals surface area (Å²) in [5.41, 5.74) is -0.342. The number of hydrogen-bond acceptors (Lipinski definition) is 4. The lowest BCUT2D eigenvalue weighted by Gasteiger charge is -2.37. The lowest BCUT2D eigenvalue weighted by atomic mass is 10.1. The molecule has 4 nitrogen and oxygen atoms in total. The zero-order chi connectivity index (χ0) is 9.22. The Morgan fingerprint density at radius 1 is 1.00 bits per heavy atom. The predicted octanol–water partition coefficient (Wildman–Crippen LogP) is 0.826. The Hall–Kier alpha value is 0.130. The molecular weight excluding hydrogens is 196 g/mol. The van der Waals surface area contributed by atoms with Gasteiger partial charge in [-0.15, -0.1) is 0 Å². The molecule has 0 aromatic carbocycles. The number of hydrogen-bond donors (Lipinski definition) is 0. The van der Waals surface area contributed by atoms with Crippen molar-refractivity contribution in [3.05, 3.63) is 0 Å². The van der Waals surface area contributed by atoms with Gasteiger partial charge in [0.15, 0.2) is 17.6 Å². The maximum Gasteiger partial charge on any atom is 0.190 e. The van der Waals surface area contributed by atoms with E-state index in [-0.39, 0.29) is 30.2 Å². The minimum absolute atomic E-state index is 0.0470. The molecule has 0 aromatic rings. The number of rotatable bonds is 0. The first kappa shape index (κ1) is 8.44. The van der Waals surface area contributed by atoms with Crippen LogP contribution in [0.4, 0.5) is 0 Å². The molecule has 0 aromatic heterocycles. The molecule has 0 aliphatic carbocycles. The van der Waals surface area contributed by atoms with Crippen LogP contribution in [0.25, 0.3) is 0 Å². The van der Waals surface area contributed by atoms with Crippen LogP contribution in [0.2, 0.25) is 0 Å². The average Bonchev–Trinajstić information content (AvgIpc) is 2.42. The summed E-state index contributed by atoms with van der Waals surface area (Å²) in [5.74, 6) is -0.568. The van der Waals surface area contributed by atoms with Gasteiger partial charge in [-0.25, -0.2) is 0 Å². The Bertz CT molecular complexity index is 244. The summed E-state index contributed by atoms with van der Waals surface area (Å²) in [7, 11) is 0. The van der Waals surface area contributed by atoms with E-state index in [0.29, 0.717) is 0 Å². The predicted molar refractivity (Wildman–Crippen MR) is 43.2 cm³/mol. The van der Waals surface area contributed by atoms with Crippen LogP contribution in [0.15, 0.2) is 0 Å². The normalized spacial score (nSPS) is 57.0. The minimum Gasteiger partial charge on any atom is -0.351 e. The first-order chi connectivity index (χ1) is 6.07. The fourth-order valence-corrected chi connectivity index (χ4v) is 2.33. The third-order valence-electron chi connectivity index (χ3n) is 2.57. The van der Waals surface area contributed by atoms with Crippen molar-refractivity contribution in [3.63, 3.8) is 0 Å². The summed E-state index contributed by atoms with van der Waals surface area (Å²) in [4.78, 5) is 0. The van der Waals surface area contributed by atoms with Crippen molar-refractivity contribution in [2.75, 3.05) is 0 Å². The van der Waals surface area contributed by atoms with Crippen molar-refractivity contribution in [3.8, 4) is 0 Å². The molecule has 3 heterocycles. The summed E-state index contributed by atoms with van der Waals surface area (Å²) in [6.07, 6.45) is -0.536. The molecular formula is C8H11ClO4. The Labute approximate surface area is 81.0 Å². The molecule has 0 amide bonds.